The van der Waals surface area contributed by atoms with Gasteiger partial charge in [-0.2, -0.15) is 0 Å². The van der Waals surface area contributed by atoms with Crippen molar-refractivity contribution in [3.63, 3.8) is 0 Å². The Kier molecular flexibility index (Phi) is 6.63. The summed E-state index contributed by atoms with van der Waals surface area (Å²) in [6, 6.07) is 16.1. The molecular formula is C22H29NO2. The van der Waals surface area contributed by atoms with Crippen LogP contribution in [0.1, 0.15) is 49.9 Å². The van der Waals surface area contributed by atoms with Gasteiger partial charge in [0.05, 0.1) is 6.04 Å². The third-order valence-electron chi connectivity index (χ3n) is 4.24. The van der Waals surface area contributed by atoms with Gasteiger partial charge in [-0.1, -0.05) is 56.3 Å². The van der Waals surface area contributed by atoms with E-state index in [-0.39, 0.29) is 11.9 Å². The SMILES string of the molecule is Cc1ccc(C)c(OC(C)C(=O)NC(CC(C)C)c2ccccc2)c1. The van der Waals surface area contributed by atoms with Gasteiger partial charge in [0.1, 0.15) is 5.75 Å². The second-order valence-electron chi connectivity index (χ2n) is 7.13. The molecule has 3 heteroatoms. The van der Waals surface area contributed by atoms with E-state index in [1.165, 1.54) is 0 Å². The number of nitrogens with one attached hydrogen (secondary N) is 1. The number of amides is 1. The molecule has 0 spiro atoms. The highest BCUT2D eigenvalue weighted by Gasteiger charge is 2.21. The lowest BCUT2D eigenvalue weighted by Crippen LogP contribution is -2.39. The minimum Gasteiger partial charge on any atom is -0.481 e. The van der Waals surface area contributed by atoms with Gasteiger partial charge in [0.25, 0.3) is 5.91 Å². The van der Waals surface area contributed by atoms with Crippen molar-refractivity contribution in [1.29, 1.82) is 0 Å². The molecule has 0 aliphatic carbocycles. The Morgan fingerprint density at radius 2 is 1.72 bits per heavy atom. The molecule has 0 radical (unpaired) electrons. The average molecular weight is 339 g/mol. The zero-order valence-electron chi connectivity index (χ0n) is 15.9. The first kappa shape index (κ1) is 19.0. The molecule has 0 saturated carbocycles. The average Bonchev–Trinajstić information content (AvgIpc) is 2.57. The zero-order chi connectivity index (χ0) is 18.4. The van der Waals surface area contributed by atoms with Gasteiger partial charge in [-0.3, -0.25) is 4.79 Å². The summed E-state index contributed by atoms with van der Waals surface area (Å²) in [5, 5.41) is 3.15. The van der Waals surface area contributed by atoms with Crippen LogP contribution in [0, 0.1) is 19.8 Å². The predicted octanol–water partition coefficient (Wildman–Crippen LogP) is 4.97. The van der Waals surface area contributed by atoms with Crippen molar-refractivity contribution in [3.05, 3.63) is 65.2 Å². The van der Waals surface area contributed by atoms with Gasteiger partial charge in [-0.05, 0) is 55.9 Å². The largest absolute Gasteiger partial charge is 0.481 e. The standard InChI is InChI=1S/C22H29NO2/c1-15(2)13-20(19-9-7-6-8-10-19)23-22(24)18(5)25-21-14-16(3)11-12-17(21)4/h6-12,14-15,18,20H,13H2,1-5H3,(H,23,24). The topological polar surface area (TPSA) is 38.3 Å². The molecule has 25 heavy (non-hydrogen) atoms. The summed E-state index contributed by atoms with van der Waals surface area (Å²) in [5.74, 6) is 1.17. The van der Waals surface area contributed by atoms with Crippen LogP contribution >= 0.6 is 0 Å². The zero-order valence-corrected chi connectivity index (χ0v) is 15.9. The van der Waals surface area contributed by atoms with Crippen LogP contribution in [0.5, 0.6) is 5.75 Å². The third kappa shape index (κ3) is 5.63. The van der Waals surface area contributed by atoms with Crippen molar-refractivity contribution < 1.29 is 9.53 Å². The van der Waals surface area contributed by atoms with Gasteiger partial charge in [-0.25, -0.2) is 0 Å². The van der Waals surface area contributed by atoms with E-state index in [0.717, 1.165) is 28.9 Å². The molecule has 2 unspecified atom stereocenters. The first-order valence-electron chi connectivity index (χ1n) is 8.96. The second kappa shape index (κ2) is 8.70. The van der Waals surface area contributed by atoms with Crippen molar-refractivity contribution in [2.45, 2.75) is 53.2 Å². The maximum atomic E-state index is 12.7. The first-order valence-corrected chi connectivity index (χ1v) is 8.96. The highest BCUT2D eigenvalue weighted by molar-refractivity contribution is 5.81. The van der Waals surface area contributed by atoms with Gasteiger partial charge in [-0.15, -0.1) is 0 Å². The number of aryl methyl sites for hydroxylation is 2. The highest BCUT2D eigenvalue weighted by Crippen LogP contribution is 2.23. The molecule has 2 rings (SSSR count). The number of carbonyl (C=O) groups excluding carboxylic acids is 1. The molecule has 0 aliphatic heterocycles. The molecule has 1 amide bonds. The summed E-state index contributed by atoms with van der Waals surface area (Å²) in [7, 11) is 0. The lowest BCUT2D eigenvalue weighted by molar-refractivity contribution is -0.128. The van der Waals surface area contributed by atoms with Crippen LogP contribution in [0.15, 0.2) is 48.5 Å². The minimum atomic E-state index is -0.543. The number of hydrogen-bond acceptors (Lipinski definition) is 2. The summed E-state index contributed by atoms with van der Waals surface area (Å²) < 4.78 is 5.92. The molecule has 3 nitrogen and oxygen atoms in total. The second-order valence-corrected chi connectivity index (χ2v) is 7.13. The number of benzene rings is 2. The Labute approximate surface area is 151 Å². The molecule has 0 fully saturated rings. The van der Waals surface area contributed by atoms with Gasteiger partial charge < -0.3 is 10.1 Å². The van der Waals surface area contributed by atoms with E-state index in [2.05, 4.69) is 31.3 Å². The molecule has 0 saturated heterocycles. The number of ether oxygens (including phenoxy) is 1. The Hall–Kier alpha value is -2.29. The van der Waals surface area contributed by atoms with Crippen molar-refractivity contribution in [2.24, 2.45) is 5.92 Å². The fourth-order valence-corrected chi connectivity index (χ4v) is 2.80. The van der Waals surface area contributed by atoms with E-state index in [9.17, 15) is 4.79 Å². The van der Waals surface area contributed by atoms with Crippen LogP contribution < -0.4 is 10.1 Å². The summed E-state index contributed by atoms with van der Waals surface area (Å²) >= 11 is 0. The number of carbonyl (C=O) groups is 1. The molecule has 134 valence electrons. The monoisotopic (exact) mass is 339 g/mol. The van der Waals surface area contributed by atoms with Gasteiger partial charge in [0.15, 0.2) is 6.10 Å². The van der Waals surface area contributed by atoms with Crippen LogP contribution in [0.2, 0.25) is 0 Å². The maximum Gasteiger partial charge on any atom is 0.261 e. The molecule has 1 N–H and O–H groups in total. The molecule has 2 aromatic rings. The van der Waals surface area contributed by atoms with E-state index in [1.807, 2.05) is 50.2 Å². The Morgan fingerprint density at radius 1 is 1.04 bits per heavy atom. The van der Waals surface area contributed by atoms with Crippen LogP contribution in [-0.2, 0) is 4.79 Å². The lowest BCUT2D eigenvalue weighted by atomic mass is 9.97. The van der Waals surface area contributed by atoms with Crippen molar-refractivity contribution in [1.82, 2.24) is 5.32 Å². The van der Waals surface area contributed by atoms with Gasteiger partial charge in [0, 0.05) is 0 Å². The van der Waals surface area contributed by atoms with E-state index >= 15 is 0 Å². The number of hydrogen-bond donors (Lipinski definition) is 1. The molecule has 2 atom stereocenters. The van der Waals surface area contributed by atoms with E-state index in [4.69, 9.17) is 4.74 Å². The Balaban J connectivity index is 2.08. The highest BCUT2D eigenvalue weighted by atomic mass is 16.5. The third-order valence-corrected chi connectivity index (χ3v) is 4.24. The predicted molar refractivity (Wildman–Crippen MR) is 103 cm³/mol. The molecule has 0 aromatic heterocycles. The van der Waals surface area contributed by atoms with Crippen LogP contribution in [0.3, 0.4) is 0 Å². The summed E-state index contributed by atoms with van der Waals surface area (Å²) in [6.07, 6.45) is 0.352. The molecular weight excluding hydrogens is 310 g/mol. The van der Waals surface area contributed by atoms with Crippen molar-refractivity contribution in [3.8, 4) is 5.75 Å². The minimum absolute atomic E-state index is 0.00152. The van der Waals surface area contributed by atoms with E-state index < -0.39 is 6.10 Å². The smallest absolute Gasteiger partial charge is 0.261 e. The van der Waals surface area contributed by atoms with E-state index in [0.29, 0.717) is 5.92 Å². The Morgan fingerprint density at radius 3 is 2.36 bits per heavy atom. The summed E-state index contributed by atoms with van der Waals surface area (Å²) in [6.45, 7) is 10.1. The lowest BCUT2D eigenvalue weighted by Gasteiger charge is -2.24. The molecule has 2 aromatic carbocycles. The van der Waals surface area contributed by atoms with Crippen LogP contribution in [-0.4, -0.2) is 12.0 Å². The summed E-state index contributed by atoms with van der Waals surface area (Å²) in [4.78, 5) is 12.7. The molecule has 0 heterocycles. The Bertz CT molecular complexity index is 694. The van der Waals surface area contributed by atoms with Crippen molar-refractivity contribution >= 4 is 5.91 Å². The first-order chi connectivity index (χ1) is 11.9. The van der Waals surface area contributed by atoms with Crippen molar-refractivity contribution in [2.75, 3.05) is 0 Å². The van der Waals surface area contributed by atoms with Gasteiger partial charge >= 0.3 is 0 Å². The molecule has 0 bridgehead atoms. The molecule has 0 aliphatic rings. The normalized spacial score (nSPS) is 13.4. The van der Waals surface area contributed by atoms with Gasteiger partial charge in [0.2, 0.25) is 0 Å². The number of rotatable bonds is 7. The van der Waals surface area contributed by atoms with Crippen LogP contribution in [0.4, 0.5) is 0 Å². The maximum absolute atomic E-state index is 12.7. The summed E-state index contributed by atoms with van der Waals surface area (Å²) in [5.41, 5.74) is 3.28. The van der Waals surface area contributed by atoms with Crippen LogP contribution in [0.25, 0.3) is 0 Å². The van der Waals surface area contributed by atoms with E-state index in [1.54, 1.807) is 6.92 Å². The fraction of sp³-hybridized carbons (Fsp3) is 0.409. The fourth-order valence-electron chi connectivity index (χ4n) is 2.80. The quantitative estimate of drug-likeness (QED) is 0.773.